The van der Waals surface area contributed by atoms with Crippen LogP contribution in [0.5, 0.6) is 17.2 Å². The highest BCUT2D eigenvalue weighted by atomic mass is 32.1. The normalized spacial score (nSPS) is 11.7. The number of carbonyl (C=O) groups excluding carboxylic acids is 1. The average Bonchev–Trinajstić information content (AvgIpc) is 3.57. The van der Waals surface area contributed by atoms with Crippen LogP contribution in [0.3, 0.4) is 0 Å². The first-order chi connectivity index (χ1) is 18.4. The molecule has 0 saturated carbocycles. The summed E-state index contributed by atoms with van der Waals surface area (Å²) in [5, 5.41) is 24.3. The minimum absolute atomic E-state index is 0.116. The molecule has 1 aromatic carbocycles. The number of rotatable bonds is 11. The summed E-state index contributed by atoms with van der Waals surface area (Å²) in [6, 6.07) is 7.92. The molecule has 3 heterocycles. The van der Waals surface area contributed by atoms with Gasteiger partial charge in [0.2, 0.25) is 16.0 Å². The third kappa shape index (κ3) is 5.44. The van der Waals surface area contributed by atoms with Crippen molar-refractivity contribution in [2.24, 2.45) is 0 Å². The predicted octanol–water partition coefficient (Wildman–Crippen LogP) is 1.58. The number of hydrogen-bond donors (Lipinski definition) is 3. The molecule has 0 saturated heterocycles. The molecule has 0 aliphatic heterocycles. The van der Waals surface area contributed by atoms with Crippen molar-refractivity contribution in [2.75, 3.05) is 45.6 Å². The number of nitrogens with one attached hydrogen (secondary N) is 1. The van der Waals surface area contributed by atoms with Gasteiger partial charge >= 0.3 is 5.63 Å². The molecule has 4 N–H and O–H groups in total. The van der Waals surface area contributed by atoms with Crippen LogP contribution in [0.2, 0.25) is 0 Å². The summed E-state index contributed by atoms with van der Waals surface area (Å²) in [5.74, 6) is -0.305. The van der Waals surface area contributed by atoms with E-state index in [2.05, 4.69) is 20.6 Å². The number of hydrogen-bond acceptors (Lipinski definition) is 13. The van der Waals surface area contributed by atoms with E-state index in [1.54, 1.807) is 24.3 Å². The fourth-order valence-corrected chi connectivity index (χ4v) is 4.11. The van der Waals surface area contributed by atoms with E-state index in [0.29, 0.717) is 28.0 Å². The van der Waals surface area contributed by atoms with Gasteiger partial charge in [-0.05, 0) is 18.2 Å². The van der Waals surface area contributed by atoms with Crippen molar-refractivity contribution in [1.82, 2.24) is 20.0 Å². The molecule has 1 atom stereocenters. The Hall–Kier alpha value is -4.47. The molecule has 0 unspecified atom stereocenters. The van der Waals surface area contributed by atoms with E-state index in [9.17, 15) is 14.7 Å². The van der Waals surface area contributed by atoms with Gasteiger partial charge in [-0.15, -0.1) is 10.2 Å². The quantitative estimate of drug-likeness (QED) is 0.248. The van der Waals surface area contributed by atoms with Gasteiger partial charge in [-0.3, -0.25) is 10.1 Å². The van der Waals surface area contributed by atoms with Crippen LogP contribution >= 0.6 is 11.3 Å². The lowest BCUT2D eigenvalue weighted by molar-refractivity contribution is 0.0156. The Morgan fingerprint density at radius 1 is 1.21 bits per heavy atom. The predicted molar refractivity (Wildman–Crippen MR) is 136 cm³/mol. The van der Waals surface area contributed by atoms with Crippen molar-refractivity contribution < 1.29 is 33.3 Å². The molecular formula is C23H24N6O8S. The van der Waals surface area contributed by atoms with Crippen LogP contribution in [0.25, 0.3) is 16.3 Å². The van der Waals surface area contributed by atoms with Gasteiger partial charge in [-0.25, -0.2) is 4.79 Å². The Morgan fingerprint density at radius 3 is 2.55 bits per heavy atom. The first kappa shape index (κ1) is 26.6. The van der Waals surface area contributed by atoms with Gasteiger partial charge < -0.3 is 34.2 Å². The summed E-state index contributed by atoms with van der Waals surface area (Å²) < 4.78 is 28.4. The molecule has 14 nitrogen and oxygen atoms in total. The monoisotopic (exact) mass is 544 g/mol. The average molecular weight is 545 g/mol. The van der Waals surface area contributed by atoms with E-state index >= 15 is 0 Å². The van der Waals surface area contributed by atoms with E-state index < -0.39 is 17.6 Å². The largest absolute Gasteiger partial charge is 0.496 e. The zero-order valence-corrected chi connectivity index (χ0v) is 21.4. The van der Waals surface area contributed by atoms with Crippen molar-refractivity contribution in [3.63, 3.8) is 0 Å². The summed E-state index contributed by atoms with van der Waals surface area (Å²) in [6.07, 6.45) is 0.788. The third-order valence-electron chi connectivity index (χ3n) is 5.27. The summed E-state index contributed by atoms with van der Waals surface area (Å²) in [7, 11) is 4.29. The summed E-state index contributed by atoms with van der Waals surface area (Å²) in [5.41, 5.74) is 5.39. The lowest BCUT2D eigenvalue weighted by Crippen LogP contribution is -2.26. The maximum atomic E-state index is 13.1. The molecule has 4 aromatic rings. The zero-order chi connectivity index (χ0) is 27.2. The Balaban J connectivity index is 1.74. The summed E-state index contributed by atoms with van der Waals surface area (Å²) in [6.45, 7) is -0.512. The summed E-state index contributed by atoms with van der Waals surface area (Å²) in [4.78, 5) is 26.2. The highest BCUT2D eigenvalue weighted by molar-refractivity contribution is 7.17. The Labute approximate surface area is 219 Å². The number of aromatic nitrogens is 4. The highest BCUT2D eigenvalue weighted by Gasteiger charge is 2.25. The zero-order valence-electron chi connectivity index (χ0n) is 20.5. The molecule has 200 valence electrons. The standard InChI is InChI=1S/C23H24N6O8S/c1-33-12(10-30)11-36-19-13(18-14(34-2)5-4-6-15(18)35-3)9-16(37-21(19)32)20(31)26-22-27-28-23(38-22)29-17(24)7-8-25-29/h4-9,12,30H,10-11,24H2,1-3H3,(H,26,27,31)/t12-/m1/s1. The number of nitrogens with two attached hydrogens (primary N) is 1. The first-order valence-electron chi connectivity index (χ1n) is 11.0. The molecule has 0 aliphatic rings. The molecule has 38 heavy (non-hydrogen) atoms. The first-order valence-corrected chi connectivity index (χ1v) is 11.8. The van der Waals surface area contributed by atoms with Crippen LogP contribution in [0.4, 0.5) is 10.9 Å². The van der Waals surface area contributed by atoms with Gasteiger partial charge in [0.05, 0.1) is 32.6 Å². The molecule has 4 rings (SSSR count). The van der Waals surface area contributed by atoms with E-state index in [1.807, 2.05) is 0 Å². The summed E-state index contributed by atoms with van der Waals surface area (Å²) >= 11 is 1.01. The minimum atomic E-state index is -0.948. The number of amides is 1. The molecule has 0 bridgehead atoms. The van der Waals surface area contributed by atoms with Crippen molar-refractivity contribution in [2.45, 2.75) is 6.10 Å². The smallest absolute Gasteiger partial charge is 0.379 e. The van der Waals surface area contributed by atoms with Crippen LogP contribution in [0, 0.1) is 0 Å². The molecule has 15 heteroatoms. The van der Waals surface area contributed by atoms with Crippen molar-refractivity contribution >= 4 is 28.2 Å². The second-order valence-electron chi connectivity index (χ2n) is 7.54. The highest BCUT2D eigenvalue weighted by Crippen LogP contribution is 2.42. The van der Waals surface area contributed by atoms with Gasteiger partial charge in [0.25, 0.3) is 5.91 Å². The minimum Gasteiger partial charge on any atom is -0.496 e. The van der Waals surface area contributed by atoms with Crippen molar-refractivity contribution in [3.05, 3.63) is 52.7 Å². The lowest BCUT2D eigenvalue weighted by Gasteiger charge is -2.18. The third-order valence-corrected chi connectivity index (χ3v) is 6.08. The number of ether oxygens (including phenoxy) is 4. The van der Waals surface area contributed by atoms with E-state index in [1.165, 1.54) is 38.3 Å². The van der Waals surface area contributed by atoms with Crippen LogP contribution in [0.15, 0.2) is 45.7 Å². The fourth-order valence-electron chi connectivity index (χ4n) is 3.39. The Bertz CT molecular complexity index is 1460. The molecule has 0 fully saturated rings. The molecular weight excluding hydrogens is 520 g/mol. The molecule has 0 radical (unpaired) electrons. The number of benzene rings is 1. The van der Waals surface area contributed by atoms with Crippen molar-refractivity contribution in [3.8, 4) is 33.5 Å². The Morgan fingerprint density at radius 2 is 1.95 bits per heavy atom. The molecule has 3 aromatic heterocycles. The number of methoxy groups -OCH3 is 3. The SMILES string of the molecule is COc1cccc(OC)c1-c1cc(C(=O)Nc2nnc(-n3nccc3N)s2)oc(=O)c1OC[C@@H](CO)OC. The fraction of sp³-hybridized carbons (Fsp3) is 0.261. The van der Waals surface area contributed by atoms with Gasteiger partial charge in [-0.1, -0.05) is 17.4 Å². The van der Waals surface area contributed by atoms with Gasteiger partial charge in [0.1, 0.15) is 30.0 Å². The van der Waals surface area contributed by atoms with Gasteiger partial charge in [-0.2, -0.15) is 9.78 Å². The van der Waals surface area contributed by atoms with Crippen LogP contribution in [0.1, 0.15) is 10.6 Å². The maximum absolute atomic E-state index is 13.1. The number of aliphatic hydroxyl groups excluding tert-OH is 1. The topological polar surface area (TPSA) is 186 Å². The molecule has 0 spiro atoms. The number of aliphatic hydroxyl groups is 1. The van der Waals surface area contributed by atoms with E-state index in [0.717, 1.165) is 11.3 Å². The molecule has 1 amide bonds. The van der Waals surface area contributed by atoms with E-state index in [-0.39, 0.29) is 35.4 Å². The Kier molecular flexibility index (Phi) is 8.20. The molecule has 0 aliphatic carbocycles. The number of nitrogens with zero attached hydrogens (tertiary/aromatic N) is 4. The second-order valence-corrected chi connectivity index (χ2v) is 8.50. The van der Waals surface area contributed by atoms with Gasteiger partial charge in [0.15, 0.2) is 5.76 Å². The number of nitrogen functional groups attached to an aromatic ring is 1. The lowest BCUT2D eigenvalue weighted by atomic mass is 10.0. The van der Waals surface area contributed by atoms with Gasteiger partial charge in [0, 0.05) is 18.7 Å². The van der Waals surface area contributed by atoms with Crippen LogP contribution in [-0.2, 0) is 4.74 Å². The number of anilines is 2. The number of carbonyl (C=O) groups is 1. The second kappa shape index (κ2) is 11.7. The van der Waals surface area contributed by atoms with Crippen LogP contribution in [-0.4, -0.2) is 71.6 Å². The van der Waals surface area contributed by atoms with Crippen LogP contribution < -0.4 is 30.9 Å². The van der Waals surface area contributed by atoms with Crippen molar-refractivity contribution in [1.29, 1.82) is 0 Å². The van der Waals surface area contributed by atoms with E-state index in [4.69, 9.17) is 29.1 Å². The maximum Gasteiger partial charge on any atom is 0.379 e.